The molecule has 0 aromatic heterocycles. The van der Waals surface area contributed by atoms with E-state index in [-0.39, 0.29) is 6.09 Å². The fourth-order valence-corrected chi connectivity index (χ4v) is 1.19. The van der Waals surface area contributed by atoms with Gasteiger partial charge in [0.05, 0.1) is 0 Å². The summed E-state index contributed by atoms with van der Waals surface area (Å²) in [5, 5.41) is 6.02. The summed E-state index contributed by atoms with van der Waals surface area (Å²) in [6.45, 7) is 9.83. The minimum Gasteiger partial charge on any atom is -0.444 e. The van der Waals surface area contributed by atoms with Crippen molar-refractivity contribution in [1.82, 2.24) is 10.6 Å². The third-order valence-electron chi connectivity index (χ3n) is 2.12. The molecule has 0 radical (unpaired) electrons. The summed E-state index contributed by atoms with van der Waals surface area (Å²) in [6, 6.07) is 0.355. The molecule has 0 bridgehead atoms. The SMILES string of the molecule is CC(CN)NCCCCNC(=O)OC(C)(C)C. The molecule has 5 heteroatoms. The Morgan fingerprint density at radius 1 is 1.29 bits per heavy atom. The van der Waals surface area contributed by atoms with Gasteiger partial charge in [-0.05, 0) is 47.1 Å². The second-order valence-corrected chi connectivity index (χ2v) is 5.23. The maximum absolute atomic E-state index is 11.3. The molecule has 0 spiro atoms. The number of carbonyl (C=O) groups excluding carboxylic acids is 1. The van der Waals surface area contributed by atoms with Crippen molar-refractivity contribution < 1.29 is 9.53 Å². The third kappa shape index (κ3) is 11.5. The van der Waals surface area contributed by atoms with Crippen molar-refractivity contribution in [2.45, 2.75) is 52.2 Å². The van der Waals surface area contributed by atoms with Gasteiger partial charge in [0.15, 0.2) is 0 Å². The summed E-state index contributed by atoms with van der Waals surface area (Å²) in [5.41, 5.74) is 5.05. The van der Waals surface area contributed by atoms with Gasteiger partial charge in [-0.2, -0.15) is 0 Å². The largest absolute Gasteiger partial charge is 0.444 e. The first-order chi connectivity index (χ1) is 7.85. The Morgan fingerprint density at radius 2 is 1.88 bits per heavy atom. The van der Waals surface area contributed by atoms with E-state index < -0.39 is 5.60 Å². The van der Waals surface area contributed by atoms with E-state index in [1.807, 2.05) is 20.8 Å². The van der Waals surface area contributed by atoms with Crippen molar-refractivity contribution >= 4 is 6.09 Å². The molecule has 0 aliphatic heterocycles. The van der Waals surface area contributed by atoms with Gasteiger partial charge >= 0.3 is 6.09 Å². The Morgan fingerprint density at radius 3 is 2.41 bits per heavy atom. The molecule has 4 N–H and O–H groups in total. The molecular weight excluding hydrogens is 218 g/mol. The van der Waals surface area contributed by atoms with Crippen LogP contribution in [0.25, 0.3) is 0 Å². The van der Waals surface area contributed by atoms with Gasteiger partial charge in [-0.15, -0.1) is 0 Å². The second-order valence-electron chi connectivity index (χ2n) is 5.23. The lowest BCUT2D eigenvalue weighted by molar-refractivity contribution is 0.0527. The van der Waals surface area contributed by atoms with Crippen LogP contribution in [0.5, 0.6) is 0 Å². The summed E-state index contributed by atoms with van der Waals surface area (Å²) in [6.07, 6.45) is 1.60. The van der Waals surface area contributed by atoms with Gasteiger partial charge in [0.2, 0.25) is 0 Å². The number of hydrogen-bond donors (Lipinski definition) is 3. The monoisotopic (exact) mass is 245 g/mol. The minimum atomic E-state index is -0.428. The van der Waals surface area contributed by atoms with E-state index in [1.165, 1.54) is 0 Å². The highest BCUT2D eigenvalue weighted by Gasteiger charge is 2.15. The second kappa shape index (κ2) is 8.31. The Kier molecular flexibility index (Phi) is 7.91. The van der Waals surface area contributed by atoms with E-state index in [4.69, 9.17) is 10.5 Å². The van der Waals surface area contributed by atoms with Crippen LogP contribution in [-0.4, -0.2) is 37.4 Å². The van der Waals surface area contributed by atoms with Crippen molar-refractivity contribution in [3.05, 3.63) is 0 Å². The molecule has 5 nitrogen and oxygen atoms in total. The molecule has 1 atom stereocenters. The molecular formula is C12H27N3O2. The Bertz CT molecular complexity index is 214. The molecule has 102 valence electrons. The Balaban J connectivity index is 3.37. The molecule has 1 amide bonds. The summed E-state index contributed by atoms with van der Waals surface area (Å²) < 4.78 is 5.12. The quantitative estimate of drug-likeness (QED) is 0.590. The first-order valence-electron chi connectivity index (χ1n) is 6.25. The number of rotatable bonds is 7. The lowest BCUT2D eigenvalue weighted by Crippen LogP contribution is -2.35. The molecule has 0 heterocycles. The number of hydrogen-bond acceptors (Lipinski definition) is 4. The number of unbranched alkanes of at least 4 members (excludes halogenated alkanes) is 1. The maximum atomic E-state index is 11.3. The van der Waals surface area contributed by atoms with Crippen molar-refractivity contribution in [3.63, 3.8) is 0 Å². The molecule has 0 saturated heterocycles. The van der Waals surface area contributed by atoms with Gasteiger partial charge in [0.25, 0.3) is 0 Å². The molecule has 0 fully saturated rings. The van der Waals surface area contributed by atoms with Gasteiger partial charge in [0, 0.05) is 19.1 Å². The van der Waals surface area contributed by atoms with Crippen molar-refractivity contribution in [2.75, 3.05) is 19.6 Å². The van der Waals surface area contributed by atoms with Gasteiger partial charge < -0.3 is 21.1 Å². The van der Waals surface area contributed by atoms with E-state index in [9.17, 15) is 4.79 Å². The molecule has 0 rings (SSSR count). The van der Waals surface area contributed by atoms with Crippen molar-refractivity contribution in [3.8, 4) is 0 Å². The first kappa shape index (κ1) is 16.2. The number of alkyl carbamates (subject to hydrolysis) is 1. The first-order valence-corrected chi connectivity index (χ1v) is 6.25. The van der Waals surface area contributed by atoms with Gasteiger partial charge in [-0.3, -0.25) is 0 Å². The van der Waals surface area contributed by atoms with E-state index in [2.05, 4.69) is 17.6 Å². The molecule has 0 saturated carbocycles. The predicted octanol–water partition coefficient (Wildman–Crippen LogP) is 1.23. The normalized spacial score (nSPS) is 13.2. The average molecular weight is 245 g/mol. The van der Waals surface area contributed by atoms with Crippen molar-refractivity contribution in [2.24, 2.45) is 5.73 Å². The van der Waals surface area contributed by atoms with Crippen molar-refractivity contribution in [1.29, 1.82) is 0 Å². The predicted molar refractivity (Wildman–Crippen MR) is 70.0 cm³/mol. The summed E-state index contributed by atoms with van der Waals surface area (Å²) in [7, 11) is 0. The van der Waals surface area contributed by atoms with Crippen LogP contribution < -0.4 is 16.4 Å². The zero-order valence-corrected chi connectivity index (χ0v) is 11.5. The molecule has 0 aromatic rings. The third-order valence-corrected chi connectivity index (χ3v) is 2.12. The highest BCUT2D eigenvalue weighted by molar-refractivity contribution is 5.67. The van der Waals surface area contributed by atoms with Crippen LogP contribution in [0.2, 0.25) is 0 Å². The van der Waals surface area contributed by atoms with Crippen LogP contribution in [-0.2, 0) is 4.74 Å². The number of amides is 1. The number of nitrogens with one attached hydrogen (secondary N) is 2. The molecule has 1 unspecified atom stereocenters. The van der Waals surface area contributed by atoms with E-state index >= 15 is 0 Å². The highest BCUT2D eigenvalue weighted by Crippen LogP contribution is 2.06. The molecule has 0 aliphatic carbocycles. The highest BCUT2D eigenvalue weighted by atomic mass is 16.6. The van der Waals surface area contributed by atoms with Crippen LogP contribution in [0.3, 0.4) is 0 Å². The number of ether oxygens (including phenoxy) is 1. The Hall–Kier alpha value is -0.810. The Labute approximate surface area is 104 Å². The standard InChI is InChI=1S/C12H27N3O2/c1-10(9-13)14-7-5-6-8-15-11(16)17-12(2,3)4/h10,14H,5-9,13H2,1-4H3,(H,15,16). The van der Waals surface area contributed by atoms with Crippen LogP contribution in [0.1, 0.15) is 40.5 Å². The summed E-state index contributed by atoms with van der Waals surface area (Å²) >= 11 is 0. The van der Waals surface area contributed by atoms with Crippen LogP contribution in [0, 0.1) is 0 Å². The molecule has 0 aliphatic rings. The summed E-state index contributed by atoms with van der Waals surface area (Å²) in [5.74, 6) is 0. The topological polar surface area (TPSA) is 76.4 Å². The van der Waals surface area contributed by atoms with E-state index in [0.29, 0.717) is 19.1 Å². The molecule has 0 aromatic carbocycles. The minimum absolute atomic E-state index is 0.346. The van der Waals surface area contributed by atoms with Crippen LogP contribution in [0.15, 0.2) is 0 Å². The lowest BCUT2D eigenvalue weighted by atomic mass is 10.2. The zero-order chi connectivity index (χ0) is 13.3. The van der Waals surface area contributed by atoms with Gasteiger partial charge in [-0.25, -0.2) is 4.79 Å². The molecule has 17 heavy (non-hydrogen) atoms. The average Bonchev–Trinajstić information content (AvgIpc) is 2.20. The maximum Gasteiger partial charge on any atom is 0.407 e. The zero-order valence-electron chi connectivity index (χ0n) is 11.5. The van der Waals surface area contributed by atoms with Crippen LogP contribution in [0.4, 0.5) is 4.79 Å². The summed E-state index contributed by atoms with van der Waals surface area (Å²) in [4.78, 5) is 11.3. The van der Waals surface area contributed by atoms with Gasteiger partial charge in [-0.1, -0.05) is 0 Å². The number of nitrogens with two attached hydrogens (primary N) is 1. The lowest BCUT2D eigenvalue weighted by Gasteiger charge is -2.19. The fraction of sp³-hybridized carbons (Fsp3) is 0.917. The number of carbonyl (C=O) groups is 1. The van der Waals surface area contributed by atoms with Crippen LogP contribution >= 0.6 is 0 Å². The van der Waals surface area contributed by atoms with E-state index in [0.717, 1.165) is 19.4 Å². The smallest absolute Gasteiger partial charge is 0.407 e. The van der Waals surface area contributed by atoms with E-state index in [1.54, 1.807) is 0 Å². The van der Waals surface area contributed by atoms with Gasteiger partial charge in [0.1, 0.15) is 5.60 Å². The fourth-order valence-electron chi connectivity index (χ4n) is 1.19.